The van der Waals surface area contributed by atoms with Gasteiger partial charge in [-0.25, -0.2) is 4.98 Å². The number of anilines is 1. The molecule has 3 aromatic rings. The van der Waals surface area contributed by atoms with E-state index >= 15 is 0 Å². The van der Waals surface area contributed by atoms with E-state index in [2.05, 4.69) is 41.4 Å². The van der Waals surface area contributed by atoms with Crippen LogP contribution >= 0.6 is 11.3 Å². The van der Waals surface area contributed by atoms with Gasteiger partial charge in [0.25, 0.3) is 5.91 Å². The van der Waals surface area contributed by atoms with E-state index in [0.29, 0.717) is 10.9 Å². The average molecular weight is 313 g/mol. The summed E-state index contributed by atoms with van der Waals surface area (Å²) in [6.45, 7) is 5.85. The van der Waals surface area contributed by atoms with Crippen molar-refractivity contribution in [3.8, 4) is 11.3 Å². The molecule has 0 aliphatic rings. The predicted octanol–water partition coefficient (Wildman–Crippen LogP) is 3.98. The number of hydrogen-bond acceptors (Lipinski definition) is 5. The highest BCUT2D eigenvalue weighted by Crippen LogP contribution is 2.28. The summed E-state index contributed by atoms with van der Waals surface area (Å²) in [6, 6.07) is 7.81. The molecule has 3 rings (SSSR count). The molecular weight excluding hydrogens is 298 g/mol. The van der Waals surface area contributed by atoms with Crippen LogP contribution in [0.25, 0.3) is 11.3 Å². The zero-order valence-electron chi connectivity index (χ0n) is 12.5. The Balaban J connectivity index is 1.80. The van der Waals surface area contributed by atoms with Gasteiger partial charge in [-0.05, 0) is 26.3 Å². The smallest absolute Gasteiger partial charge is 0.279 e. The van der Waals surface area contributed by atoms with Crippen molar-refractivity contribution in [3.63, 3.8) is 0 Å². The second-order valence-electron chi connectivity index (χ2n) is 5.13. The second-order valence-corrected chi connectivity index (χ2v) is 5.99. The maximum Gasteiger partial charge on any atom is 0.279 e. The van der Waals surface area contributed by atoms with Crippen molar-refractivity contribution in [1.29, 1.82) is 0 Å². The Morgan fingerprint density at radius 1 is 1.23 bits per heavy atom. The Labute approximate surface area is 132 Å². The normalized spacial score (nSPS) is 10.7. The molecular formula is C16H15N3O2S. The summed E-state index contributed by atoms with van der Waals surface area (Å²) in [5.41, 5.74) is 4.55. The van der Waals surface area contributed by atoms with Gasteiger partial charge in [-0.2, -0.15) is 0 Å². The molecule has 0 unspecified atom stereocenters. The highest BCUT2D eigenvalue weighted by molar-refractivity contribution is 7.14. The lowest BCUT2D eigenvalue weighted by Gasteiger charge is -2.03. The summed E-state index contributed by atoms with van der Waals surface area (Å²) in [4.78, 5) is 16.5. The molecule has 1 aromatic carbocycles. The zero-order valence-corrected chi connectivity index (χ0v) is 13.3. The van der Waals surface area contributed by atoms with Gasteiger partial charge in [0, 0.05) is 17.0 Å². The molecule has 112 valence electrons. The van der Waals surface area contributed by atoms with E-state index in [1.165, 1.54) is 16.9 Å². The lowest BCUT2D eigenvalue weighted by atomic mass is 10.0. The topological polar surface area (TPSA) is 68.0 Å². The van der Waals surface area contributed by atoms with E-state index in [1.807, 2.05) is 11.4 Å². The number of hydrogen-bond donors (Lipinski definition) is 1. The van der Waals surface area contributed by atoms with Crippen molar-refractivity contribution < 1.29 is 9.32 Å². The maximum atomic E-state index is 12.0. The number of nitrogens with zero attached hydrogens (tertiary/aromatic N) is 2. The number of aromatic nitrogens is 2. The van der Waals surface area contributed by atoms with Crippen LogP contribution in [0.15, 0.2) is 34.2 Å². The fourth-order valence-corrected chi connectivity index (χ4v) is 2.90. The monoisotopic (exact) mass is 313 g/mol. The molecule has 0 bridgehead atoms. The zero-order chi connectivity index (χ0) is 15.7. The van der Waals surface area contributed by atoms with Gasteiger partial charge in [0.1, 0.15) is 5.76 Å². The van der Waals surface area contributed by atoms with Gasteiger partial charge < -0.3 is 4.52 Å². The van der Waals surface area contributed by atoms with Crippen LogP contribution < -0.4 is 5.32 Å². The Morgan fingerprint density at radius 2 is 2.05 bits per heavy atom. The van der Waals surface area contributed by atoms with Crippen LogP contribution in [0.4, 0.5) is 5.13 Å². The number of rotatable bonds is 3. The third kappa shape index (κ3) is 2.92. The van der Waals surface area contributed by atoms with Crippen LogP contribution in [0.5, 0.6) is 0 Å². The minimum absolute atomic E-state index is 0.251. The molecule has 1 amide bonds. The van der Waals surface area contributed by atoms with E-state index in [-0.39, 0.29) is 11.6 Å². The number of amides is 1. The minimum atomic E-state index is -0.321. The Morgan fingerprint density at radius 3 is 2.73 bits per heavy atom. The van der Waals surface area contributed by atoms with Crippen LogP contribution in [0.2, 0.25) is 0 Å². The first-order valence-electron chi connectivity index (χ1n) is 6.81. The first-order chi connectivity index (χ1) is 10.5. The van der Waals surface area contributed by atoms with Crippen LogP contribution in [0.1, 0.15) is 27.4 Å². The first-order valence-corrected chi connectivity index (χ1v) is 7.69. The van der Waals surface area contributed by atoms with Gasteiger partial charge in [-0.1, -0.05) is 28.9 Å². The lowest BCUT2D eigenvalue weighted by Crippen LogP contribution is -2.11. The number of carbonyl (C=O) groups excluding carboxylic acids is 1. The number of thiazole rings is 1. The largest absolute Gasteiger partial charge is 0.361 e. The molecule has 2 aromatic heterocycles. The summed E-state index contributed by atoms with van der Waals surface area (Å²) >= 11 is 1.39. The van der Waals surface area contributed by atoms with Crippen molar-refractivity contribution in [2.45, 2.75) is 20.8 Å². The maximum absolute atomic E-state index is 12.0. The highest BCUT2D eigenvalue weighted by Gasteiger charge is 2.14. The number of benzene rings is 1. The van der Waals surface area contributed by atoms with Crippen molar-refractivity contribution >= 4 is 22.4 Å². The molecule has 5 nitrogen and oxygen atoms in total. The van der Waals surface area contributed by atoms with E-state index in [1.54, 1.807) is 13.0 Å². The average Bonchev–Trinajstić information content (AvgIpc) is 3.08. The Hall–Kier alpha value is -2.47. The van der Waals surface area contributed by atoms with Gasteiger partial charge in [-0.15, -0.1) is 11.3 Å². The molecule has 0 aliphatic carbocycles. The standard InChI is InChI=1S/C16H15N3O2S/c1-9-4-5-12(10(2)6-9)14-8-22-16(17-14)18-15(20)13-7-11(3)21-19-13/h4-8H,1-3H3,(H,17,18,20). The molecule has 0 saturated heterocycles. The third-order valence-corrected chi connectivity index (χ3v) is 4.00. The fraction of sp³-hybridized carbons (Fsp3) is 0.188. The number of aryl methyl sites for hydroxylation is 3. The van der Waals surface area contributed by atoms with Gasteiger partial charge in [-0.3, -0.25) is 10.1 Å². The molecule has 0 radical (unpaired) electrons. The molecule has 0 spiro atoms. The third-order valence-electron chi connectivity index (χ3n) is 3.24. The summed E-state index contributed by atoms with van der Waals surface area (Å²) in [5.74, 6) is 0.277. The Kier molecular flexibility index (Phi) is 3.77. The molecule has 0 saturated carbocycles. The quantitative estimate of drug-likeness (QED) is 0.794. The van der Waals surface area contributed by atoms with Gasteiger partial charge >= 0.3 is 0 Å². The second kappa shape index (κ2) is 5.73. The van der Waals surface area contributed by atoms with E-state index in [9.17, 15) is 4.79 Å². The number of carbonyl (C=O) groups is 1. The highest BCUT2D eigenvalue weighted by atomic mass is 32.1. The molecule has 0 atom stereocenters. The fourth-order valence-electron chi connectivity index (χ4n) is 2.19. The Bertz CT molecular complexity index is 836. The van der Waals surface area contributed by atoms with Crippen molar-refractivity contribution in [1.82, 2.24) is 10.1 Å². The minimum Gasteiger partial charge on any atom is -0.361 e. The van der Waals surface area contributed by atoms with Gasteiger partial charge in [0.05, 0.1) is 5.69 Å². The van der Waals surface area contributed by atoms with Crippen molar-refractivity contribution in [2.24, 2.45) is 0 Å². The first kappa shape index (κ1) is 14.5. The van der Waals surface area contributed by atoms with Crippen LogP contribution in [-0.2, 0) is 0 Å². The molecule has 0 aliphatic heterocycles. The lowest BCUT2D eigenvalue weighted by molar-refractivity contribution is 0.101. The van der Waals surface area contributed by atoms with E-state index < -0.39 is 0 Å². The summed E-state index contributed by atoms with van der Waals surface area (Å²) in [5, 5.41) is 8.90. The molecule has 2 heterocycles. The van der Waals surface area contributed by atoms with Crippen molar-refractivity contribution in [2.75, 3.05) is 5.32 Å². The van der Waals surface area contributed by atoms with Crippen LogP contribution in [-0.4, -0.2) is 16.0 Å². The van der Waals surface area contributed by atoms with Gasteiger partial charge in [0.2, 0.25) is 0 Å². The molecule has 1 N–H and O–H groups in total. The van der Waals surface area contributed by atoms with Gasteiger partial charge in [0.15, 0.2) is 10.8 Å². The summed E-state index contributed by atoms with van der Waals surface area (Å²) in [7, 11) is 0. The van der Waals surface area contributed by atoms with Crippen LogP contribution in [0.3, 0.4) is 0 Å². The molecule has 22 heavy (non-hydrogen) atoms. The molecule has 6 heteroatoms. The van der Waals surface area contributed by atoms with Crippen molar-refractivity contribution in [3.05, 3.63) is 52.2 Å². The van der Waals surface area contributed by atoms with E-state index in [4.69, 9.17) is 4.52 Å². The number of nitrogens with one attached hydrogen (secondary N) is 1. The predicted molar refractivity (Wildman–Crippen MR) is 86.2 cm³/mol. The van der Waals surface area contributed by atoms with Crippen LogP contribution in [0, 0.1) is 20.8 Å². The SMILES string of the molecule is Cc1ccc(-c2csc(NC(=O)c3cc(C)on3)n2)c(C)c1. The summed E-state index contributed by atoms with van der Waals surface area (Å²) < 4.78 is 4.90. The molecule has 0 fully saturated rings. The van der Waals surface area contributed by atoms with E-state index in [0.717, 1.165) is 16.8 Å². The summed E-state index contributed by atoms with van der Waals surface area (Å²) in [6.07, 6.45) is 0.